The van der Waals surface area contributed by atoms with Crippen molar-refractivity contribution in [3.8, 4) is 5.75 Å². The molecule has 1 unspecified atom stereocenters. The Morgan fingerprint density at radius 2 is 1.78 bits per heavy atom. The number of nitrogens with one attached hydrogen (secondary N) is 2. The lowest BCUT2D eigenvalue weighted by molar-refractivity contribution is -0.121. The van der Waals surface area contributed by atoms with Gasteiger partial charge < -0.3 is 19.7 Å². The maximum Gasteiger partial charge on any atom is 0.244 e. The van der Waals surface area contributed by atoms with E-state index in [9.17, 15) is 9.90 Å². The number of anilines is 1. The van der Waals surface area contributed by atoms with Crippen molar-refractivity contribution in [3.63, 3.8) is 0 Å². The predicted octanol–water partition coefficient (Wildman–Crippen LogP) is 4.65. The first-order chi connectivity index (χ1) is 17.5. The summed E-state index contributed by atoms with van der Waals surface area (Å²) in [7, 11) is 3.39. The van der Waals surface area contributed by atoms with Crippen LogP contribution in [0.3, 0.4) is 0 Å². The highest BCUT2D eigenvalue weighted by atomic mass is 32.2. The molecule has 2 heterocycles. The Morgan fingerprint density at radius 3 is 2.58 bits per heavy atom. The van der Waals surface area contributed by atoms with Gasteiger partial charge in [-0.2, -0.15) is 11.8 Å². The number of likely N-dealkylation sites (N-methyl/N-ethyl adjacent to an activating group) is 1. The molecule has 1 aromatic heterocycles. The van der Waals surface area contributed by atoms with Crippen LogP contribution in [0.4, 0.5) is 5.69 Å². The fourth-order valence-corrected chi connectivity index (χ4v) is 5.80. The van der Waals surface area contributed by atoms with Gasteiger partial charge in [0.25, 0.3) is 0 Å². The predicted molar refractivity (Wildman–Crippen MR) is 146 cm³/mol. The molecular weight excluding hydrogens is 470 g/mol. The molecule has 6 nitrogen and oxygen atoms in total. The van der Waals surface area contributed by atoms with Crippen LogP contribution in [0.25, 0.3) is 10.9 Å². The number of para-hydroxylation sites is 1. The highest BCUT2D eigenvalue weighted by Gasteiger charge is 2.27. The van der Waals surface area contributed by atoms with Crippen LogP contribution in [0.1, 0.15) is 22.4 Å². The molecule has 3 N–H and O–H groups in total. The number of fused-ring (bicyclic) bond motifs is 5. The third kappa shape index (κ3) is 5.28. The number of thioether (sulfide) groups is 1. The first-order valence-corrected chi connectivity index (χ1v) is 13.3. The highest BCUT2D eigenvalue weighted by Crippen LogP contribution is 2.29. The molecule has 4 aromatic rings. The van der Waals surface area contributed by atoms with Crippen LogP contribution < -0.4 is 15.0 Å². The van der Waals surface area contributed by atoms with Crippen LogP contribution in [0, 0.1) is 0 Å². The number of aromatic amines is 1. The van der Waals surface area contributed by atoms with Gasteiger partial charge in [0.2, 0.25) is 5.91 Å². The first-order valence-electron chi connectivity index (χ1n) is 12.1. The van der Waals surface area contributed by atoms with E-state index in [-0.39, 0.29) is 5.91 Å². The van der Waals surface area contributed by atoms with E-state index < -0.39 is 12.3 Å². The second-order valence-electron chi connectivity index (χ2n) is 9.18. The fraction of sp³-hybridized carbons (Fsp3) is 0.276. The molecule has 0 fully saturated rings. The summed E-state index contributed by atoms with van der Waals surface area (Å²) in [6.45, 7) is 0. The minimum Gasteiger partial charge on any atom is -0.497 e. The Kier molecular flexibility index (Phi) is 7.32. The van der Waals surface area contributed by atoms with E-state index >= 15 is 0 Å². The molecule has 2 bridgehead atoms. The van der Waals surface area contributed by atoms with Gasteiger partial charge in [-0.3, -0.25) is 10.1 Å². The second kappa shape index (κ2) is 10.8. The molecule has 1 aliphatic rings. The van der Waals surface area contributed by atoms with Gasteiger partial charge >= 0.3 is 0 Å². The summed E-state index contributed by atoms with van der Waals surface area (Å²) >= 11 is 1.85. The van der Waals surface area contributed by atoms with Crippen LogP contribution in [-0.4, -0.2) is 42.4 Å². The minimum absolute atomic E-state index is 0.104. The minimum atomic E-state index is -0.880. The maximum absolute atomic E-state index is 13.7. The number of aromatic nitrogens is 1. The van der Waals surface area contributed by atoms with E-state index in [0.717, 1.165) is 50.7 Å². The fourth-order valence-electron chi connectivity index (χ4n) is 4.83. The number of rotatable bonds is 3. The summed E-state index contributed by atoms with van der Waals surface area (Å²) in [4.78, 5) is 18.9. The molecule has 186 valence electrons. The van der Waals surface area contributed by atoms with Gasteiger partial charge in [-0.25, -0.2) is 0 Å². The normalized spacial score (nSPS) is 18.4. The Bertz CT molecular complexity index is 1350. The number of carbonyl (C=O) groups is 1. The topological polar surface area (TPSA) is 77.6 Å². The van der Waals surface area contributed by atoms with E-state index in [2.05, 4.69) is 34.6 Å². The van der Waals surface area contributed by atoms with E-state index in [1.807, 2.05) is 60.3 Å². The Balaban J connectivity index is 1.47. The van der Waals surface area contributed by atoms with E-state index in [1.54, 1.807) is 19.1 Å². The molecule has 3 aromatic carbocycles. The number of ether oxygens (including phenoxy) is 1. The summed E-state index contributed by atoms with van der Waals surface area (Å²) in [6, 6.07) is 23.4. The van der Waals surface area contributed by atoms with Crippen LogP contribution in [0.2, 0.25) is 0 Å². The molecule has 0 saturated heterocycles. The quantitative estimate of drug-likeness (QED) is 0.381. The average Bonchev–Trinajstić information content (AvgIpc) is 3.24. The second-order valence-corrected chi connectivity index (χ2v) is 10.2. The SMILES string of the molecule is COc1ccc(N(C)C(=O)[C@@H]2Cc3cccc(c3)CSCc3[nH]c4ccccc4c3CC(O)N2)cc1. The zero-order chi connectivity index (χ0) is 25.1. The van der Waals surface area contributed by atoms with E-state index in [4.69, 9.17) is 4.74 Å². The van der Waals surface area contributed by atoms with Crippen molar-refractivity contribution in [3.05, 3.63) is 95.2 Å². The average molecular weight is 502 g/mol. The molecular formula is C29H31N3O3S. The summed E-state index contributed by atoms with van der Waals surface area (Å²) in [5.41, 5.74) is 6.34. The Hall–Kier alpha value is -3.26. The van der Waals surface area contributed by atoms with E-state index in [0.29, 0.717) is 12.8 Å². The van der Waals surface area contributed by atoms with Gasteiger partial charge in [-0.15, -0.1) is 0 Å². The van der Waals surface area contributed by atoms with Gasteiger partial charge in [0.15, 0.2) is 0 Å². The summed E-state index contributed by atoms with van der Waals surface area (Å²) < 4.78 is 5.25. The van der Waals surface area contributed by atoms with Crippen molar-refractivity contribution in [1.29, 1.82) is 0 Å². The highest BCUT2D eigenvalue weighted by molar-refractivity contribution is 7.97. The number of nitrogens with zero attached hydrogens (tertiary/aromatic N) is 1. The number of hydrogen-bond acceptors (Lipinski definition) is 5. The Labute approximate surface area is 215 Å². The number of aliphatic hydroxyl groups is 1. The number of aliphatic hydroxyl groups excluding tert-OH is 1. The third-order valence-electron chi connectivity index (χ3n) is 6.73. The largest absolute Gasteiger partial charge is 0.497 e. The molecule has 7 heteroatoms. The van der Waals surface area contributed by atoms with Gasteiger partial charge in [-0.1, -0.05) is 42.5 Å². The van der Waals surface area contributed by atoms with Gasteiger partial charge in [0, 0.05) is 47.3 Å². The standard InChI is InChI=1S/C29H31N3O3S/c1-32(21-10-12-22(35-2)13-11-21)29(34)26-15-19-6-5-7-20(14-19)17-36-18-27-24(16-28(33)31-26)23-8-3-4-9-25(23)30-27/h3-14,26,28,30-31,33H,15-18H2,1-2H3/t26-,28?/m0/s1. The number of methoxy groups -OCH3 is 1. The van der Waals surface area contributed by atoms with Gasteiger partial charge in [-0.05, 0) is 53.4 Å². The molecule has 1 aliphatic heterocycles. The summed E-state index contributed by atoms with van der Waals surface area (Å²) in [6.07, 6.45) is 0.0125. The van der Waals surface area contributed by atoms with Crippen LogP contribution >= 0.6 is 11.8 Å². The molecule has 2 atom stereocenters. The lowest BCUT2D eigenvalue weighted by atomic mass is 10.0. The smallest absolute Gasteiger partial charge is 0.244 e. The number of H-pyrrole nitrogens is 1. The monoisotopic (exact) mass is 501 g/mol. The number of amides is 1. The van der Waals surface area contributed by atoms with E-state index in [1.165, 1.54) is 5.56 Å². The van der Waals surface area contributed by atoms with Gasteiger partial charge in [0.1, 0.15) is 12.0 Å². The van der Waals surface area contributed by atoms with Crippen molar-refractivity contribution in [2.75, 3.05) is 19.1 Å². The molecule has 36 heavy (non-hydrogen) atoms. The van der Waals surface area contributed by atoms with Crippen molar-refractivity contribution in [2.24, 2.45) is 0 Å². The molecule has 0 aliphatic carbocycles. The van der Waals surface area contributed by atoms with Crippen LogP contribution in [0.15, 0.2) is 72.8 Å². The molecule has 0 spiro atoms. The molecule has 0 radical (unpaired) electrons. The number of carbonyl (C=O) groups excluding carboxylic acids is 1. The first kappa shape index (κ1) is 24.4. The van der Waals surface area contributed by atoms with Crippen molar-refractivity contribution in [1.82, 2.24) is 10.3 Å². The van der Waals surface area contributed by atoms with Crippen LogP contribution in [0.5, 0.6) is 5.75 Å². The summed E-state index contributed by atoms with van der Waals surface area (Å²) in [5.74, 6) is 2.33. The molecule has 1 amide bonds. The van der Waals surface area contributed by atoms with Crippen molar-refractivity contribution < 1.29 is 14.6 Å². The molecule has 5 rings (SSSR count). The Morgan fingerprint density at radius 1 is 1.00 bits per heavy atom. The lowest BCUT2D eigenvalue weighted by Gasteiger charge is -2.27. The van der Waals surface area contributed by atoms with Crippen LogP contribution in [-0.2, 0) is 29.1 Å². The number of benzene rings is 3. The maximum atomic E-state index is 13.7. The zero-order valence-corrected chi connectivity index (χ0v) is 21.3. The molecule has 0 saturated carbocycles. The lowest BCUT2D eigenvalue weighted by Crippen LogP contribution is -2.50. The summed E-state index contributed by atoms with van der Waals surface area (Å²) in [5, 5.41) is 15.6. The number of hydrogen-bond donors (Lipinski definition) is 3. The zero-order valence-electron chi connectivity index (χ0n) is 20.5. The van der Waals surface area contributed by atoms with Gasteiger partial charge in [0.05, 0.1) is 13.2 Å². The van der Waals surface area contributed by atoms with Crippen molar-refractivity contribution >= 4 is 34.3 Å². The third-order valence-corrected chi connectivity index (χ3v) is 7.76. The van der Waals surface area contributed by atoms with Crippen molar-refractivity contribution in [2.45, 2.75) is 36.6 Å².